The zero-order valence-electron chi connectivity index (χ0n) is 23.2. The maximum atomic E-state index is 13.5. The molecule has 7 nitrogen and oxygen atoms in total. The minimum Gasteiger partial charge on any atom is -0.373 e. The highest BCUT2D eigenvalue weighted by Gasteiger charge is 2.25. The van der Waals surface area contributed by atoms with Gasteiger partial charge in [-0.05, 0) is 92.1 Å². The fraction of sp³-hybridized carbons (Fsp3) is 0.182. The van der Waals surface area contributed by atoms with E-state index in [9.17, 15) is 9.59 Å². The molecule has 0 radical (unpaired) electrons. The largest absolute Gasteiger partial charge is 0.373 e. The Labute approximate surface area is 234 Å². The molecule has 7 heteroatoms. The van der Waals surface area contributed by atoms with Gasteiger partial charge in [0.05, 0.1) is 0 Å². The second-order valence-electron chi connectivity index (χ2n) is 10.1. The average molecular weight is 532 g/mol. The molecule has 202 valence electrons. The molecule has 0 atom stereocenters. The van der Waals surface area contributed by atoms with Crippen molar-refractivity contribution in [1.29, 1.82) is 0 Å². The number of amides is 1. The van der Waals surface area contributed by atoms with Gasteiger partial charge in [0.2, 0.25) is 0 Å². The summed E-state index contributed by atoms with van der Waals surface area (Å²) < 4.78 is 1.79. The van der Waals surface area contributed by atoms with Crippen molar-refractivity contribution in [3.05, 3.63) is 114 Å². The maximum Gasteiger partial charge on any atom is 0.298 e. The number of carbonyl (C=O) groups excluding carboxylic acids is 2. The lowest BCUT2D eigenvalue weighted by molar-refractivity contribution is -0.112. The van der Waals surface area contributed by atoms with Crippen LogP contribution in [0.2, 0.25) is 0 Å². The van der Waals surface area contributed by atoms with E-state index in [4.69, 9.17) is 0 Å². The second-order valence-corrected chi connectivity index (χ2v) is 10.1. The summed E-state index contributed by atoms with van der Waals surface area (Å²) in [6.07, 6.45) is 1.84. The van der Waals surface area contributed by atoms with Gasteiger partial charge < -0.3 is 19.9 Å². The fourth-order valence-corrected chi connectivity index (χ4v) is 4.87. The van der Waals surface area contributed by atoms with E-state index in [1.807, 2.05) is 106 Å². The van der Waals surface area contributed by atoms with Crippen molar-refractivity contribution < 1.29 is 9.59 Å². The number of aromatic nitrogens is 2. The van der Waals surface area contributed by atoms with Crippen LogP contribution in [0.5, 0.6) is 0 Å². The third-order valence-corrected chi connectivity index (χ3v) is 6.85. The summed E-state index contributed by atoms with van der Waals surface area (Å²) in [5, 5.41) is 6.16. The van der Waals surface area contributed by atoms with Crippen molar-refractivity contribution in [1.82, 2.24) is 9.38 Å². The zero-order chi connectivity index (χ0) is 28.2. The molecule has 5 aromatic rings. The Balaban J connectivity index is 1.27. The number of ketones is 1. The lowest BCUT2D eigenvalue weighted by atomic mass is 10.0. The highest BCUT2D eigenvalue weighted by Crippen LogP contribution is 2.29. The van der Waals surface area contributed by atoms with Gasteiger partial charge in [0.25, 0.3) is 11.7 Å². The first-order chi connectivity index (χ1) is 19.3. The van der Waals surface area contributed by atoms with E-state index in [0.29, 0.717) is 11.4 Å². The summed E-state index contributed by atoms with van der Waals surface area (Å²) in [5.74, 6) is -0.395. The smallest absolute Gasteiger partial charge is 0.298 e. The van der Waals surface area contributed by atoms with Gasteiger partial charge in [-0.3, -0.25) is 9.59 Å². The number of nitrogens with zero attached hydrogens (tertiary/aromatic N) is 3. The van der Waals surface area contributed by atoms with Gasteiger partial charge in [0, 0.05) is 54.5 Å². The number of fused-ring (bicyclic) bond motifs is 1. The molecular weight excluding hydrogens is 498 g/mol. The van der Waals surface area contributed by atoms with Gasteiger partial charge in [-0.2, -0.15) is 0 Å². The summed E-state index contributed by atoms with van der Waals surface area (Å²) >= 11 is 0. The monoisotopic (exact) mass is 531 g/mol. The molecule has 0 saturated carbocycles. The van der Waals surface area contributed by atoms with Crippen LogP contribution in [0.3, 0.4) is 0 Å². The van der Waals surface area contributed by atoms with Crippen molar-refractivity contribution in [3.8, 4) is 11.1 Å². The Bertz CT molecular complexity index is 1650. The molecule has 3 aromatic heterocycles. The average Bonchev–Trinajstić information content (AvgIpc) is 3.31. The number of hydrogen-bond donors (Lipinski definition) is 2. The van der Waals surface area contributed by atoms with Crippen molar-refractivity contribution in [2.45, 2.75) is 20.8 Å². The predicted octanol–water partition coefficient (Wildman–Crippen LogP) is 6.30. The number of Topliss-reactive ketones (excluding diaryl/α,β-unsaturated/α-hetero) is 1. The molecule has 0 saturated heterocycles. The number of likely N-dealkylation sites (N-methyl/N-ethyl adjacent to an activating group) is 1. The van der Waals surface area contributed by atoms with Crippen molar-refractivity contribution >= 4 is 34.4 Å². The van der Waals surface area contributed by atoms with Crippen LogP contribution in [0.25, 0.3) is 16.6 Å². The molecule has 0 aliphatic rings. The molecule has 1 amide bonds. The van der Waals surface area contributed by atoms with E-state index in [0.717, 1.165) is 52.5 Å². The number of benzene rings is 2. The highest BCUT2D eigenvalue weighted by molar-refractivity contribution is 6.47. The lowest BCUT2D eigenvalue weighted by Gasteiger charge is -2.20. The molecule has 2 N–H and O–H groups in total. The van der Waals surface area contributed by atoms with Crippen LogP contribution in [0.1, 0.15) is 27.3 Å². The first-order valence-electron chi connectivity index (χ1n) is 13.3. The first kappa shape index (κ1) is 26.7. The predicted molar refractivity (Wildman–Crippen MR) is 162 cm³/mol. The number of rotatable bonds is 9. The van der Waals surface area contributed by atoms with Crippen molar-refractivity contribution in [2.24, 2.45) is 0 Å². The summed E-state index contributed by atoms with van der Waals surface area (Å²) in [5.41, 5.74) is 7.63. The van der Waals surface area contributed by atoms with Crippen LogP contribution in [0, 0.1) is 20.8 Å². The van der Waals surface area contributed by atoms with Crippen molar-refractivity contribution in [3.63, 3.8) is 0 Å². The van der Waals surface area contributed by atoms with E-state index in [-0.39, 0.29) is 0 Å². The Morgan fingerprint density at radius 1 is 0.875 bits per heavy atom. The molecule has 0 aliphatic carbocycles. The molecule has 2 aromatic carbocycles. The van der Waals surface area contributed by atoms with Crippen molar-refractivity contribution in [2.75, 3.05) is 35.7 Å². The molecule has 0 fully saturated rings. The van der Waals surface area contributed by atoms with E-state index in [1.54, 1.807) is 4.40 Å². The Morgan fingerprint density at radius 2 is 1.62 bits per heavy atom. The Morgan fingerprint density at radius 3 is 2.35 bits per heavy atom. The molecular formula is C33H33N5O2. The summed E-state index contributed by atoms with van der Waals surface area (Å²) in [4.78, 5) is 33.3. The molecule has 5 rings (SSSR count). The minimum atomic E-state index is -0.677. The van der Waals surface area contributed by atoms with Gasteiger partial charge in [-0.25, -0.2) is 4.98 Å². The second kappa shape index (κ2) is 11.5. The number of anilines is 3. The van der Waals surface area contributed by atoms with Gasteiger partial charge in [-0.15, -0.1) is 0 Å². The number of nitrogens with one attached hydrogen (secondary N) is 2. The van der Waals surface area contributed by atoms with Crippen LogP contribution in [-0.2, 0) is 4.79 Å². The fourth-order valence-electron chi connectivity index (χ4n) is 4.87. The zero-order valence-corrected chi connectivity index (χ0v) is 23.2. The number of carbonyl (C=O) groups is 2. The molecule has 0 unspecified atom stereocenters. The third kappa shape index (κ3) is 5.89. The maximum absolute atomic E-state index is 13.5. The Kier molecular flexibility index (Phi) is 7.64. The summed E-state index contributed by atoms with van der Waals surface area (Å²) in [6, 6.07) is 27.1. The number of hydrogen-bond acceptors (Lipinski definition) is 5. The topological polar surface area (TPSA) is 78.7 Å². The van der Waals surface area contributed by atoms with Crippen LogP contribution in [-0.4, -0.2) is 41.2 Å². The summed E-state index contributed by atoms with van der Waals surface area (Å²) in [6.45, 7) is 7.55. The quantitative estimate of drug-likeness (QED) is 0.172. The standard InChI is InChI=1S/C33H33N5O2/c1-22-14-16-38-28(19-22)21-29(25-8-6-5-7-9-25)31(38)32(39)33(40)36-26-10-12-27(13-11-26)37(4)17-15-34-30-20-23(2)18-24(3)35-30/h5-14,16,18-21H,15,17H2,1-4H3,(H,34,35)(H,36,40). The molecule has 0 aliphatic heterocycles. The van der Waals surface area contributed by atoms with E-state index in [2.05, 4.69) is 33.5 Å². The number of pyridine rings is 2. The Hall–Kier alpha value is -4.91. The SMILES string of the molecule is Cc1cc(C)nc(NCCN(C)c2ccc(NC(=O)C(=O)c3c(-c4ccccc4)cc4cc(C)ccn34)cc2)c1. The first-order valence-corrected chi connectivity index (χ1v) is 13.3. The van der Waals surface area contributed by atoms with Crippen LogP contribution in [0.15, 0.2) is 91.1 Å². The molecule has 40 heavy (non-hydrogen) atoms. The normalized spacial score (nSPS) is 10.9. The highest BCUT2D eigenvalue weighted by atomic mass is 16.2. The van der Waals surface area contributed by atoms with Gasteiger partial charge >= 0.3 is 0 Å². The molecule has 3 heterocycles. The molecule has 0 bridgehead atoms. The van der Waals surface area contributed by atoms with E-state index in [1.165, 1.54) is 5.56 Å². The number of aryl methyl sites for hydroxylation is 3. The summed E-state index contributed by atoms with van der Waals surface area (Å²) in [7, 11) is 2.01. The van der Waals surface area contributed by atoms with E-state index >= 15 is 0 Å². The third-order valence-electron chi connectivity index (χ3n) is 6.85. The lowest BCUT2D eigenvalue weighted by Crippen LogP contribution is -2.25. The minimum absolute atomic E-state index is 0.348. The van der Waals surface area contributed by atoms with E-state index < -0.39 is 11.7 Å². The van der Waals surface area contributed by atoms with Crippen LogP contribution >= 0.6 is 0 Å². The molecule has 0 spiro atoms. The van der Waals surface area contributed by atoms with Gasteiger partial charge in [0.15, 0.2) is 0 Å². The van der Waals surface area contributed by atoms with Gasteiger partial charge in [0.1, 0.15) is 11.5 Å². The van der Waals surface area contributed by atoms with Gasteiger partial charge in [-0.1, -0.05) is 30.3 Å². The van der Waals surface area contributed by atoms with Crippen LogP contribution in [0.4, 0.5) is 17.2 Å². The van der Waals surface area contributed by atoms with Crippen LogP contribution < -0.4 is 15.5 Å².